The van der Waals surface area contributed by atoms with Crippen molar-refractivity contribution < 1.29 is 14.3 Å². The van der Waals surface area contributed by atoms with Crippen molar-refractivity contribution in [3.8, 4) is 0 Å². The van der Waals surface area contributed by atoms with Crippen molar-refractivity contribution in [1.82, 2.24) is 14.7 Å². The Labute approximate surface area is 178 Å². The van der Waals surface area contributed by atoms with Crippen molar-refractivity contribution in [2.24, 2.45) is 0 Å². The van der Waals surface area contributed by atoms with Crippen LogP contribution >= 0.6 is 0 Å². The van der Waals surface area contributed by atoms with Gasteiger partial charge in [-0.2, -0.15) is 0 Å². The zero-order valence-electron chi connectivity index (χ0n) is 17.7. The molecule has 2 aliphatic heterocycles. The zero-order chi connectivity index (χ0) is 21.1. The number of likely N-dealkylation sites (N-methyl/N-ethyl adjacent to an activating group) is 1. The summed E-state index contributed by atoms with van der Waals surface area (Å²) in [5, 5.41) is 0. The number of carbonyl (C=O) groups excluding carboxylic acids is 2. The van der Waals surface area contributed by atoms with E-state index in [1.165, 1.54) is 5.56 Å². The summed E-state index contributed by atoms with van der Waals surface area (Å²) >= 11 is 0. The highest BCUT2D eigenvalue weighted by molar-refractivity contribution is 5.86. The molecule has 2 aromatic rings. The van der Waals surface area contributed by atoms with E-state index < -0.39 is 12.1 Å². The van der Waals surface area contributed by atoms with Gasteiger partial charge in [0.05, 0.1) is 6.04 Å². The third-order valence-corrected chi connectivity index (χ3v) is 6.08. The average molecular weight is 408 g/mol. The Balaban J connectivity index is 1.43. The first-order chi connectivity index (χ1) is 14.5. The van der Waals surface area contributed by atoms with Crippen LogP contribution in [0.1, 0.15) is 22.7 Å². The third kappa shape index (κ3) is 4.40. The molecule has 6 nitrogen and oxygen atoms in total. The summed E-state index contributed by atoms with van der Waals surface area (Å²) in [5.74, 6) is -0.128. The normalized spacial score (nSPS) is 22.9. The Hall–Kier alpha value is -2.70. The smallest absolute Gasteiger partial charge is 0.254 e. The molecule has 30 heavy (non-hydrogen) atoms. The topological polar surface area (TPSA) is 53.1 Å². The van der Waals surface area contributed by atoms with Crippen molar-refractivity contribution in [2.45, 2.75) is 25.6 Å². The van der Waals surface area contributed by atoms with Crippen LogP contribution in [0.5, 0.6) is 0 Å². The summed E-state index contributed by atoms with van der Waals surface area (Å²) in [4.78, 5) is 31.6. The molecule has 2 saturated heterocycles. The van der Waals surface area contributed by atoms with E-state index in [0.717, 1.165) is 30.8 Å². The first kappa shape index (κ1) is 20.6. The molecule has 2 aromatic carbocycles. The molecule has 0 bridgehead atoms. The van der Waals surface area contributed by atoms with E-state index in [-0.39, 0.29) is 18.4 Å². The van der Waals surface area contributed by atoms with Crippen molar-refractivity contribution >= 4 is 11.8 Å². The number of hydrogen-bond donors (Lipinski definition) is 0. The molecule has 0 unspecified atom stereocenters. The lowest BCUT2D eigenvalue weighted by Crippen LogP contribution is -2.57. The van der Waals surface area contributed by atoms with Gasteiger partial charge in [-0.15, -0.1) is 0 Å². The van der Waals surface area contributed by atoms with Crippen LogP contribution in [0.3, 0.4) is 0 Å². The fourth-order valence-electron chi connectivity index (χ4n) is 4.23. The molecule has 158 valence electrons. The largest absolute Gasteiger partial charge is 0.356 e. The van der Waals surface area contributed by atoms with Gasteiger partial charge in [0.15, 0.2) is 6.10 Å². The molecule has 0 aromatic heterocycles. The van der Waals surface area contributed by atoms with Crippen LogP contribution in [-0.2, 0) is 20.9 Å². The number of amides is 2. The predicted octanol–water partition coefficient (Wildman–Crippen LogP) is 2.24. The highest BCUT2D eigenvalue weighted by Crippen LogP contribution is 2.30. The number of ether oxygens (including phenoxy) is 1. The molecule has 2 heterocycles. The Bertz CT molecular complexity index is 876. The monoisotopic (exact) mass is 407 g/mol. The van der Waals surface area contributed by atoms with Gasteiger partial charge in [-0.1, -0.05) is 60.2 Å². The fourth-order valence-corrected chi connectivity index (χ4v) is 4.23. The van der Waals surface area contributed by atoms with E-state index in [4.69, 9.17) is 4.74 Å². The van der Waals surface area contributed by atoms with Gasteiger partial charge in [0.2, 0.25) is 5.91 Å². The Kier molecular flexibility index (Phi) is 6.16. The maximum absolute atomic E-state index is 13.4. The molecule has 0 N–H and O–H groups in total. The molecular weight excluding hydrogens is 378 g/mol. The van der Waals surface area contributed by atoms with Crippen LogP contribution in [-0.4, -0.2) is 72.5 Å². The van der Waals surface area contributed by atoms with Crippen LogP contribution in [0.15, 0.2) is 54.6 Å². The van der Waals surface area contributed by atoms with Crippen molar-refractivity contribution in [2.75, 3.05) is 39.8 Å². The molecule has 0 radical (unpaired) electrons. The van der Waals surface area contributed by atoms with Crippen LogP contribution < -0.4 is 0 Å². The third-order valence-electron chi connectivity index (χ3n) is 6.08. The number of hydrogen-bond acceptors (Lipinski definition) is 4. The van der Waals surface area contributed by atoms with Gasteiger partial charge >= 0.3 is 0 Å². The van der Waals surface area contributed by atoms with Crippen LogP contribution in [0.2, 0.25) is 0 Å². The molecule has 2 atom stereocenters. The first-order valence-corrected chi connectivity index (χ1v) is 10.5. The lowest BCUT2D eigenvalue weighted by Gasteiger charge is -2.42. The maximum atomic E-state index is 13.4. The SMILES string of the molecule is Cc1ccc([C@@H]2[C@H](C(=O)N3CCN(Cc4ccccc4)CC3)OCC(=O)N2C)cc1. The van der Waals surface area contributed by atoms with E-state index in [1.807, 2.05) is 42.2 Å². The molecule has 0 aliphatic carbocycles. The second-order valence-corrected chi connectivity index (χ2v) is 8.18. The molecule has 6 heteroatoms. The standard InChI is InChI=1S/C24H29N3O3/c1-18-8-10-20(11-9-18)22-23(30-17-21(28)25(22)2)24(29)27-14-12-26(13-15-27)16-19-6-4-3-5-7-19/h3-11,22-23H,12-17H2,1-2H3/t22-,23-/m1/s1. The van der Waals surface area contributed by atoms with E-state index in [9.17, 15) is 9.59 Å². The van der Waals surface area contributed by atoms with Crippen molar-refractivity contribution in [3.63, 3.8) is 0 Å². The van der Waals surface area contributed by atoms with Crippen LogP contribution in [0.4, 0.5) is 0 Å². The molecule has 0 spiro atoms. The summed E-state index contributed by atoms with van der Waals surface area (Å²) in [6, 6.07) is 18.0. The van der Waals surface area contributed by atoms with Gasteiger partial charge < -0.3 is 14.5 Å². The minimum Gasteiger partial charge on any atom is -0.356 e. The second kappa shape index (κ2) is 8.98. The van der Waals surface area contributed by atoms with Gasteiger partial charge in [-0.25, -0.2) is 0 Å². The molecule has 2 amide bonds. The number of morpholine rings is 1. The lowest BCUT2D eigenvalue weighted by molar-refractivity contribution is -0.168. The van der Waals surface area contributed by atoms with Gasteiger partial charge in [0, 0.05) is 39.8 Å². The van der Waals surface area contributed by atoms with Crippen LogP contribution in [0, 0.1) is 6.92 Å². The van der Waals surface area contributed by atoms with Crippen LogP contribution in [0.25, 0.3) is 0 Å². The predicted molar refractivity (Wildman–Crippen MR) is 115 cm³/mol. The maximum Gasteiger partial charge on any atom is 0.254 e. The minimum absolute atomic E-state index is 0.0284. The molecule has 0 saturated carbocycles. The zero-order valence-corrected chi connectivity index (χ0v) is 17.7. The van der Waals surface area contributed by atoms with E-state index in [0.29, 0.717) is 13.1 Å². The van der Waals surface area contributed by atoms with Crippen molar-refractivity contribution in [3.05, 3.63) is 71.3 Å². The van der Waals surface area contributed by atoms with Crippen molar-refractivity contribution in [1.29, 1.82) is 0 Å². The van der Waals surface area contributed by atoms with E-state index in [2.05, 4.69) is 29.2 Å². The summed E-state index contributed by atoms with van der Waals surface area (Å²) in [5.41, 5.74) is 3.35. The summed E-state index contributed by atoms with van der Waals surface area (Å²) in [7, 11) is 1.76. The summed E-state index contributed by atoms with van der Waals surface area (Å²) in [6.45, 7) is 5.87. The fraction of sp³-hybridized carbons (Fsp3) is 0.417. The molecular formula is C24H29N3O3. The van der Waals surface area contributed by atoms with E-state index in [1.54, 1.807) is 11.9 Å². The lowest BCUT2D eigenvalue weighted by atomic mass is 9.96. The quantitative estimate of drug-likeness (QED) is 0.780. The average Bonchev–Trinajstić information content (AvgIpc) is 2.77. The minimum atomic E-state index is -0.670. The number of rotatable bonds is 4. The van der Waals surface area contributed by atoms with E-state index >= 15 is 0 Å². The van der Waals surface area contributed by atoms with Gasteiger partial charge in [-0.05, 0) is 18.1 Å². The Morgan fingerprint density at radius 2 is 1.67 bits per heavy atom. The molecule has 2 fully saturated rings. The van der Waals surface area contributed by atoms with Gasteiger partial charge in [0.25, 0.3) is 5.91 Å². The molecule has 4 rings (SSSR count). The number of nitrogens with zero attached hydrogens (tertiary/aromatic N) is 3. The number of carbonyl (C=O) groups is 2. The highest BCUT2D eigenvalue weighted by Gasteiger charge is 2.42. The summed E-state index contributed by atoms with van der Waals surface area (Å²) in [6.07, 6.45) is -0.670. The number of benzene rings is 2. The number of piperazine rings is 1. The van der Waals surface area contributed by atoms with Gasteiger partial charge in [-0.3, -0.25) is 14.5 Å². The Morgan fingerprint density at radius 1 is 1.00 bits per heavy atom. The first-order valence-electron chi connectivity index (χ1n) is 10.5. The Morgan fingerprint density at radius 3 is 2.33 bits per heavy atom. The summed E-state index contributed by atoms with van der Waals surface area (Å²) < 4.78 is 5.80. The van der Waals surface area contributed by atoms with Gasteiger partial charge in [0.1, 0.15) is 6.61 Å². The number of aryl methyl sites for hydroxylation is 1. The highest BCUT2D eigenvalue weighted by atomic mass is 16.5. The second-order valence-electron chi connectivity index (χ2n) is 8.18. The molecule has 2 aliphatic rings.